The summed E-state index contributed by atoms with van der Waals surface area (Å²) in [6.45, 7) is 2.92. The lowest BCUT2D eigenvalue weighted by molar-refractivity contribution is 0.357. The van der Waals surface area contributed by atoms with E-state index in [4.69, 9.17) is 10.5 Å². The Kier molecular flexibility index (Phi) is 2.23. The molecule has 0 unspecified atom stereocenters. The van der Waals surface area contributed by atoms with Crippen molar-refractivity contribution in [2.75, 3.05) is 6.61 Å². The molecule has 0 saturated heterocycles. The Balaban J connectivity index is 2.41. The fourth-order valence-electron chi connectivity index (χ4n) is 1.82. The summed E-state index contributed by atoms with van der Waals surface area (Å²) in [5, 5.41) is 0. The van der Waals surface area contributed by atoms with Crippen molar-refractivity contribution in [2.45, 2.75) is 25.8 Å². The van der Waals surface area contributed by atoms with Gasteiger partial charge in [0.05, 0.1) is 6.61 Å². The molecule has 2 N–H and O–H groups in total. The average molecular weight is 177 g/mol. The molecule has 0 saturated carbocycles. The SMILES string of the molecule is CC[C@H](N)c1cccc2c1CCO2. The van der Waals surface area contributed by atoms with E-state index in [9.17, 15) is 0 Å². The minimum Gasteiger partial charge on any atom is -0.493 e. The Hall–Kier alpha value is -1.02. The average Bonchev–Trinajstić information content (AvgIpc) is 2.63. The van der Waals surface area contributed by atoms with E-state index in [2.05, 4.69) is 13.0 Å². The van der Waals surface area contributed by atoms with Crippen LogP contribution in [0.3, 0.4) is 0 Å². The maximum atomic E-state index is 6.01. The van der Waals surface area contributed by atoms with Gasteiger partial charge < -0.3 is 10.5 Å². The summed E-state index contributed by atoms with van der Waals surface area (Å²) in [6.07, 6.45) is 2.00. The molecule has 1 heterocycles. The highest BCUT2D eigenvalue weighted by atomic mass is 16.5. The summed E-state index contributed by atoms with van der Waals surface area (Å²) in [6, 6.07) is 6.32. The quantitative estimate of drug-likeness (QED) is 0.750. The number of fused-ring (bicyclic) bond motifs is 1. The molecule has 70 valence electrons. The lowest BCUT2D eigenvalue weighted by Crippen LogP contribution is -2.10. The van der Waals surface area contributed by atoms with Crippen LogP contribution in [0.1, 0.15) is 30.5 Å². The van der Waals surface area contributed by atoms with E-state index in [-0.39, 0.29) is 6.04 Å². The minimum atomic E-state index is 0.164. The van der Waals surface area contributed by atoms with Crippen LogP contribution in [0.4, 0.5) is 0 Å². The van der Waals surface area contributed by atoms with Crippen LogP contribution in [0.25, 0.3) is 0 Å². The van der Waals surface area contributed by atoms with Gasteiger partial charge in [-0.15, -0.1) is 0 Å². The van der Waals surface area contributed by atoms with E-state index in [1.54, 1.807) is 0 Å². The van der Waals surface area contributed by atoms with Crippen LogP contribution in [0.5, 0.6) is 5.75 Å². The summed E-state index contributed by atoms with van der Waals surface area (Å²) in [4.78, 5) is 0. The van der Waals surface area contributed by atoms with Gasteiger partial charge in [-0.05, 0) is 18.1 Å². The van der Waals surface area contributed by atoms with Gasteiger partial charge in [0.2, 0.25) is 0 Å². The first-order chi connectivity index (χ1) is 6.33. The number of rotatable bonds is 2. The first-order valence-corrected chi connectivity index (χ1v) is 4.83. The highest BCUT2D eigenvalue weighted by Gasteiger charge is 2.18. The van der Waals surface area contributed by atoms with Crippen molar-refractivity contribution in [1.29, 1.82) is 0 Å². The zero-order chi connectivity index (χ0) is 9.26. The number of ether oxygens (including phenoxy) is 1. The van der Waals surface area contributed by atoms with Crippen LogP contribution >= 0.6 is 0 Å². The number of benzene rings is 1. The van der Waals surface area contributed by atoms with Crippen molar-refractivity contribution in [2.24, 2.45) is 5.73 Å². The summed E-state index contributed by atoms with van der Waals surface area (Å²) < 4.78 is 5.48. The van der Waals surface area contributed by atoms with Gasteiger partial charge in [-0.1, -0.05) is 19.1 Å². The standard InChI is InChI=1S/C11H15NO/c1-2-10(12)8-4-3-5-11-9(8)6-7-13-11/h3-5,10H,2,6-7,12H2,1H3/t10-/m0/s1. The molecule has 1 aliphatic heterocycles. The molecule has 1 aliphatic rings. The van der Waals surface area contributed by atoms with Gasteiger partial charge in [-0.25, -0.2) is 0 Å². The van der Waals surface area contributed by atoms with E-state index in [0.717, 1.165) is 25.2 Å². The van der Waals surface area contributed by atoms with Crippen molar-refractivity contribution in [3.8, 4) is 5.75 Å². The fourth-order valence-corrected chi connectivity index (χ4v) is 1.82. The van der Waals surface area contributed by atoms with Gasteiger partial charge in [0.1, 0.15) is 5.75 Å². The Morgan fingerprint density at radius 2 is 2.38 bits per heavy atom. The highest BCUT2D eigenvalue weighted by Crippen LogP contribution is 2.31. The van der Waals surface area contributed by atoms with Gasteiger partial charge in [-0.3, -0.25) is 0 Å². The fraction of sp³-hybridized carbons (Fsp3) is 0.455. The number of hydrogen-bond acceptors (Lipinski definition) is 2. The Labute approximate surface area is 78.7 Å². The molecular weight excluding hydrogens is 162 g/mol. The molecule has 13 heavy (non-hydrogen) atoms. The molecule has 0 radical (unpaired) electrons. The minimum absolute atomic E-state index is 0.164. The number of nitrogens with two attached hydrogens (primary N) is 1. The maximum Gasteiger partial charge on any atom is 0.122 e. The zero-order valence-corrected chi connectivity index (χ0v) is 7.92. The second kappa shape index (κ2) is 3.38. The van der Waals surface area contributed by atoms with E-state index in [1.165, 1.54) is 11.1 Å². The van der Waals surface area contributed by atoms with Crippen molar-refractivity contribution in [3.05, 3.63) is 29.3 Å². The molecule has 0 amide bonds. The van der Waals surface area contributed by atoms with E-state index in [1.807, 2.05) is 12.1 Å². The topological polar surface area (TPSA) is 35.2 Å². The normalized spacial score (nSPS) is 16.5. The van der Waals surface area contributed by atoms with Gasteiger partial charge in [-0.2, -0.15) is 0 Å². The van der Waals surface area contributed by atoms with Crippen LogP contribution in [0, 0.1) is 0 Å². The molecule has 0 bridgehead atoms. The Morgan fingerprint density at radius 3 is 3.15 bits per heavy atom. The van der Waals surface area contributed by atoms with Crippen LogP contribution in [-0.4, -0.2) is 6.61 Å². The predicted octanol–water partition coefficient (Wildman–Crippen LogP) is 2.03. The predicted molar refractivity (Wildman–Crippen MR) is 52.9 cm³/mol. The molecule has 2 heteroatoms. The lowest BCUT2D eigenvalue weighted by Gasteiger charge is -2.12. The molecular formula is C11H15NO. The third kappa shape index (κ3) is 1.42. The molecule has 0 aromatic heterocycles. The summed E-state index contributed by atoms with van der Waals surface area (Å²) in [7, 11) is 0. The van der Waals surface area contributed by atoms with Crippen LogP contribution < -0.4 is 10.5 Å². The zero-order valence-electron chi connectivity index (χ0n) is 7.92. The maximum absolute atomic E-state index is 6.01. The van der Waals surface area contributed by atoms with Gasteiger partial charge >= 0.3 is 0 Å². The third-order valence-electron chi connectivity index (χ3n) is 2.62. The number of hydrogen-bond donors (Lipinski definition) is 1. The van der Waals surface area contributed by atoms with E-state index in [0.29, 0.717) is 0 Å². The van der Waals surface area contributed by atoms with Crippen molar-refractivity contribution in [3.63, 3.8) is 0 Å². The molecule has 0 aliphatic carbocycles. The summed E-state index contributed by atoms with van der Waals surface area (Å²) in [5.74, 6) is 1.03. The van der Waals surface area contributed by atoms with Gasteiger partial charge in [0, 0.05) is 18.0 Å². The van der Waals surface area contributed by atoms with E-state index >= 15 is 0 Å². The summed E-state index contributed by atoms with van der Waals surface area (Å²) >= 11 is 0. The molecule has 0 fully saturated rings. The largest absolute Gasteiger partial charge is 0.493 e. The van der Waals surface area contributed by atoms with Crippen LogP contribution in [-0.2, 0) is 6.42 Å². The molecule has 2 nitrogen and oxygen atoms in total. The van der Waals surface area contributed by atoms with Crippen molar-refractivity contribution in [1.82, 2.24) is 0 Å². The molecule has 0 spiro atoms. The van der Waals surface area contributed by atoms with E-state index < -0.39 is 0 Å². The molecule has 2 rings (SSSR count). The van der Waals surface area contributed by atoms with Gasteiger partial charge in [0.25, 0.3) is 0 Å². The van der Waals surface area contributed by atoms with Crippen molar-refractivity contribution >= 4 is 0 Å². The molecule has 1 atom stereocenters. The first-order valence-electron chi connectivity index (χ1n) is 4.83. The van der Waals surface area contributed by atoms with Crippen LogP contribution in [0.2, 0.25) is 0 Å². The molecule has 1 aromatic carbocycles. The summed E-state index contributed by atoms with van der Waals surface area (Å²) in [5.41, 5.74) is 8.59. The third-order valence-corrected chi connectivity index (χ3v) is 2.62. The second-order valence-electron chi connectivity index (χ2n) is 3.44. The van der Waals surface area contributed by atoms with Crippen LogP contribution in [0.15, 0.2) is 18.2 Å². The molecule has 1 aromatic rings. The smallest absolute Gasteiger partial charge is 0.122 e. The Bertz CT molecular complexity index is 309. The Morgan fingerprint density at radius 1 is 1.54 bits per heavy atom. The second-order valence-corrected chi connectivity index (χ2v) is 3.44. The first kappa shape index (κ1) is 8.57. The lowest BCUT2D eigenvalue weighted by atomic mass is 9.98. The van der Waals surface area contributed by atoms with Crippen molar-refractivity contribution < 1.29 is 4.74 Å². The monoisotopic (exact) mass is 177 g/mol. The van der Waals surface area contributed by atoms with Gasteiger partial charge in [0.15, 0.2) is 0 Å². The highest BCUT2D eigenvalue weighted by molar-refractivity contribution is 5.44.